The molecule has 80 valence electrons. The molecule has 0 fully saturated rings. The van der Waals surface area contributed by atoms with Gasteiger partial charge in [0.1, 0.15) is 11.6 Å². The average Bonchev–Trinajstić information content (AvgIpc) is 2.72. The number of aromatic nitrogens is 1. The largest absolute Gasteiger partial charge is 0.354 e. The minimum absolute atomic E-state index is 0.511. The van der Waals surface area contributed by atoms with Gasteiger partial charge in [-0.15, -0.1) is 11.8 Å². The van der Waals surface area contributed by atoms with Crippen LogP contribution in [0.4, 0.5) is 0 Å². The second-order valence-corrected chi connectivity index (χ2v) is 4.17. The van der Waals surface area contributed by atoms with Crippen LogP contribution in [0.3, 0.4) is 0 Å². The zero-order valence-corrected chi connectivity index (χ0v) is 9.84. The Morgan fingerprint density at radius 2 is 2.00 bits per heavy atom. The van der Waals surface area contributed by atoms with Crippen molar-refractivity contribution in [2.45, 2.75) is 11.9 Å². The molecular weight excluding hydrogens is 220 g/mol. The molecule has 0 spiro atoms. The fourth-order valence-corrected chi connectivity index (χ4v) is 1.87. The Balaban J connectivity index is 2.52. The third kappa shape index (κ3) is 1.82. The van der Waals surface area contributed by atoms with Gasteiger partial charge >= 0.3 is 0 Å². The first kappa shape index (κ1) is 10.8. The van der Waals surface area contributed by atoms with Crippen LogP contribution in [0.25, 0.3) is 11.3 Å². The molecule has 1 aromatic heterocycles. The van der Waals surface area contributed by atoms with Crippen molar-refractivity contribution in [2.75, 3.05) is 6.26 Å². The van der Waals surface area contributed by atoms with Gasteiger partial charge in [-0.3, -0.25) is 0 Å². The molecule has 0 aliphatic heterocycles. The summed E-state index contributed by atoms with van der Waals surface area (Å²) in [5.41, 5.74) is 2.57. The number of benzene rings is 1. The SMILES string of the molecule is CSc1noc(-c2ccc(C)cc2)c1C#N. The zero-order chi connectivity index (χ0) is 11.5. The van der Waals surface area contributed by atoms with Gasteiger partial charge in [0, 0.05) is 5.56 Å². The van der Waals surface area contributed by atoms with E-state index in [1.807, 2.05) is 37.4 Å². The lowest BCUT2D eigenvalue weighted by molar-refractivity contribution is 0.415. The second kappa shape index (κ2) is 4.42. The summed E-state index contributed by atoms with van der Waals surface area (Å²) in [7, 11) is 0. The molecule has 3 nitrogen and oxygen atoms in total. The minimum Gasteiger partial charge on any atom is -0.354 e. The van der Waals surface area contributed by atoms with Gasteiger partial charge in [0.15, 0.2) is 10.8 Å². The lowest BCUT2D eigenvalue weighted by Crippen LogP contribution is -1.80. The molecule has 1 heterocycles. The standard InChI is InChI=1S/C12H10N2OS/c1-8-3-5-9(6-4-8)11-10(7-13)12(16-2)14-15-11/h3-6H,1-2H3. The Hall–Kier alpha value is -1.73. The molecule has 0 radical (unpaired) electrons. The molecule has 16 heavy (non-hydrogen) atoms. The Labute approximate surface area is 98.1 Å². The molecule has 0 N–H and O–H groups in total. The molecule has 2 rings (SSSR count). The highest BCUT2D eigenvalue weighted by Gasteiger charge is 2.16. The number of nitriles is 1. The van der Waals surface area contributed by atoms with E-state index >= 15 is 0 Å². The van der Waals surface area contributed by atoms with Crippen molar-refractivity contribution in [1.29, 1.82) is 5.26 Å². The van der Waals surface area contributed by atoms with Crippen molar-refractivity contribution in [1.82, 2.24) is 5.16 Å². The summed E-state index contributed by atoms with van der Waals surface area (Å²) in [6, 6.07) is 9.96. The molecule has 1 aromatic carbocycles. The Bertz CT molecular complexity index is 537. The summed E-state index contributed by atoms with van der Waals surface area (Å²) in [5.74, 6) is 0.548. The Morgan fingerprint density at radius 1 is 1.31 bits per heavy atom. The highest BCUT2D eigenvalue weighted by Crippen LogP contribution is 2.29. The molecule has 0 aliphatic rings. The lowest BCUT2D eigenvalue weighted by atomic mass is 10.1. The fraction of sp³-hybridized carbons (Fsp3) is 0.167. The molecule has 2 aromatic rings. The van der Waals surface area contributed by atoms with Crippen molar-refractivity contribution in [3.8, 4) is 17.4 Å². The monoisotopic (exact) mass is 230 g/mol. The third-order valence-electron chi connectivity index (χ3n) is 2.28. The molecular formula is C12H10N2OS. The maximum absolute atomic E-state index is 9.07. The zero-order valence-electron chi connectivity index (χ0n) is 9.02. The topological polar surface area (TPSA) is 49.8 Å². The average molecular weight is 230 g/mol. The number of aryl methyl sites for hydroxylation is 1. The summed E-state index contributed by atoms with van der Waals surface area (Å²) < 4.78 is 5.21. The van der Waals surface area contributed by atoms with E-state index in [2.05, 4.69) is 11.2 Å². The van der Waals surface area contributed by atoms with Crippen molar-refractivity contribution in [2.24, 2.45) is 0 Å². The molecule has 4 heteroatoms. The predicted octanol–water partition coefficient (Wildman–Crippen LogP) is 3.24. The Morgan fingerprint density at radius 3 is 2.56 bits per heavy atom. The van der Waals surface area contributed by atoms with Crippen molar-refractivity contribution in [3.63, 3.8) is 0 Å². The molecule has 0 amide bonds. The van der Waals surface area contributed by atoms with E-state index in [-0.39, 0.29) is 0 Å². The van der Waals surface area contributed by atoms with Crippen LogP contribution in [-0.4, -0.2) is 11.4 Å². The smallest absolute Gasteiger partial charge is 0.185 e. The van der Waals surface area contributed by atoms with Crippen LogP contribution < -0.4 is 0 Å². The van der Waals surface area contributed by atoms with Gasteiger partial charge in [0.2, 0.25) is 0 Å². The van der Waals surface area contributed by atoms with Gasteiger partial charge in [-0.25, -0.2) is 0 Å². The highest BCUT2D eigenvalue weighted by molar-refractivity contribution is 7.98. The van der Waals surface area contributed by atoms with E-state index in [4.69, 9.17) is 9.78 Å². The fourth-order valence-electron chi connectivity index (χ4n) is 1.42. The van der Waals surface area contributed by atoms with E-state index in [0.717, 1.165) is 5.56 Å². The normalized spacial score (nSPS) is 10.1. The molecule has 0 unspecified atom stereocenters. The summed E-state index contributed by atoms with van der Waals surface area (Å²) in [6.45, 7) is 2.02. The Kier molecular flexibility index (Phi) is 2.97. The van der Waals surface area contributed by atoms with E-state index in [9.17, 15) is 0 Å². The number of rotatable bonds is 2. The van der Waals surface area contributed by atoms with E-state index in [1.165, 1.54) is 17.3 Å². The van der Waals surface area contributed by atoms with Crippen LogP contribution in [0, 0.1) is 18.3 Å². The van der Waals surface area contributed by atoms with Crippen LogP contribution in [0.5, 0.6) is 0 Å². The maximum Gasteiger partial charge on any atom is 0.185 e. The number of hydrogen-bond donors (Lipinski definition) is 0. The molecule has 0 atom stereocenters. The summed E-state index contributed by atoms with van der Waals surface area (Å²) in [5, 5.41) is 13.6. The van der Waals surface area contributed by atoms with E-state index in [0.29, 0.717) is 16.3 Å². The summed E-state index contributed by atoms with van der Waals surface area (Å²) in [4.78, 5) is 0. The molecule has 0 bridgehead atoms. The highest BCUT2D eigenvalue weighted by atomic mass is 32.2. The quantitative estimate of drug-likeness (QED) is 0.743. The molecule has 0 aliphatic carbocycles. The number of hydrogen-bond acceptors (Lipinski definition) is 4. The van der Waals surface area contributed by atoms with Crippen LogP contribution in [0.15, 0.2) is 33.8 Å². The number of thioether (sulfide) groups is 1. The van der Waals surface area contributed by atoms with Crippen LogP contribution >= 0.6 is 11.8 Å². The van der Waals surface area contributed by atoms with Gasteiger partial charge < -0.3 is 4.52 Å². The first-order valence-electron chi connectivity index (χ1n) is 4.77. The van der Waals surface area contributed by atoms with Crippen LogP contribution in [0.1, 0.15) is 11.1 Å². The van der Waals surface area contributed by atoms with E-state index in [1.54, 1.807) is 0 Å². The third-order valence-corrected chi connectivity index (χ3v) is 2.95. The van der Waals surface area contributed by atoms with Crippen molar-refractivity contribution in [3.05, 3.63) is 35.4 Å². The summed E-state index contributed by atoms with van der Waals surface area (Å²) in [6.07, 6.45) is 1.87. The second-order valence-electron chi connectivity index (χ2n) is 3.37. The van der Waals surface area contributed by atoms with Crippen LogP contribution in [0.2, 0.25) is 0 Å². The van der Waals surface area contributed by atoms with E-state index < -0.39 is 0 Å². The van der Waals surface area contributed by atoms with Crippen molar-refractivity contribution >= 4 is 11.8 Å². The molecule has 0 saturated heterocycles. The predicted molar refractivity (Wildman–Crippen MR) is 63.2 cm³/mol. The van der Waals surface area contributed by atoms with Gasteiger partial charge in [0.25, 0.3) is 0 Å². The van der Waals surface area contributed by atoms with Gasteiger partial charge in [0.05, 0.1) is 0 Å². The molecule has 0 saturated carbocycles. The number of nitrogens with zero attached hydrogens (tertiary/aromatic N) is 2. The minimum atomic E-state index is 0.511. The van der Waals surface area contributed by atoms with Crippen molar-refractivity contribution < 1.29 is 4.52 Å². The first-order chi connectivity index (χ1) is 7.76. The summed E-state index contributed by atoms with van der Waals surface area (Å²) >= 11 is 1.41. The maximum atomic E-state index is 9.07. The van der Waals surface area contributed by atoms with Crippen LogP contribution in [-0.2, 0) is 0 Å². The van der Waals surface area contributed by atoms with Gasteiger partial charge in [-0.1, -0.05) is 35.0 Å². The van der Waals surface area contributed by atoms with Gasteiger partial charge in [-0.2, -0.15) is 5.26 Å². The van der Waals surface area contributed by atoms with Gasteiger partial charge in [-0.05, 0) is 13.2 Å². The first-order valence-corrected chi connectivity index (χ1v) is 5.99. The lowest BCUT2D eigenvalue weighted by Gasteiger charge is -1.97.